The summed E-state index contributed by atoms with van der Waals surface area (Å²) in [5.41, 5.74) is 3.01. The van der Waals surface area contributed by atoms with Crippen LogP contribution < -0.4 is 10.6 Å². The van der Waals surface area contributed by atoms with Gasteiger partial charge in [0.1, 0.15) is 11.6 Å². The van der Waals surface area contributed by atoms with E-state index in [1.807, 2.05) is 25.1 Å². The number of rotatable bonds is 8. The molecule has 3 N–H and O–H groups in total. The number of ether oxygens (including phenoxy) is 2. The molecule has 0 spiro atoms. The third-order valence-corrected chi connectivity index (χ3v) is 6.95. The zero-order chi connectivity index (χ0) is 29.8. The first-order valence-electron chi connectivity index (χ1n) is 13.6. The van der Waals surface area contributed by atoms with Crippen molar-refractivity contribution < 1.29 is 23.0 Å². The van der Waals surface area contributed by atoms with Crippen molar-refractivity contribution in [1.82, 2.24) is 25.3 Å². The molecule has 1 aliphatic rings. The Labute approximate surface area is 246 Å². The van der Waals surface area contributed by atoms with E-state index < -0.39 is 11.7 Å². The van der Waals surface area contributed by atoms with Crippen molar-refractivity contribution in [2.45, 2.75) is 13.2 Å². The van der Waals surface area contributed by atoms with Crippen LogP contribution in [-0.4, -0.2) is 45.6 Å². The maximum atomic E-state index is 13.7. The van der Waals surface area contributed by atoms with Crippen LogP contribution in [0.25, 0.3) is 22.6 Å². The Kier molecular flexibility index (Phi) is 7.91. The molecule has 6 rings (SSSR count). The number of aromatic amines is 1. The fraction of sp³-hybridized carbons (Fsp3) is 0.188. The fourth-order valence-corrected chi connectivity index (χ4v) is 4.61. The Hall–Kier alpha value is -5.00. The molecule has 0 radical (unpaired) electrons. The first-order chi connectivity index (χ1) is 20.8. The highest BCUT2D eigenvalue weighted by Gasteiger charge is 2.35. The number of amides is 1. The van der Waals surface area contributed by atoms with E-state index in [1.165, 1.54) is 24.3 Å². The third-order valence-electron chi connectivity index (χ3n) is 6.95. The molecular weight excluding hydrogens is 554 g/mol. The van der Waals surface area contributed by atoms with Gasteiger partial charge >= 0.3 is 0 Å². The predicted molar refractivity (Wildman–Crippen MR) is 156 cm³/mol. The normalized spacial score (nSPS) is 18.3. The summed E-state index contributed by atoms with van der Waals surface area (Å²) in [7, 11) is 0. The Balaban J connectivity index is 1.22. The van der Waals surface area contributed by atoms with Gasteiger partial charge in [-0.1, -0.05) is 25.1 Å². The summed E-state index contributed by atoms with van der Waals surface area (Å²) < 4.78 is 39.3. The highest BCUT2D eigenvalue weighted by Crippen LogP contribution is 2.35. The van der Waals surface area contributed by atoms with Gasteiger partial charge in [-0.3, -0.25) is 4.79 Å². The van der Waals surface area contributed by atoms with Crippen LogP contribution in [0.4, 0.5) is 20.4 Å². The van der Waals surface area contributed by atoms with Crippen molar-refractivity contribution in [1.29, 1.82) is 0 Å². The van der Waals surface area contributed by atoms with Gasteiger partial charge in [-0.05, 0) is 66.7 Å². The highest BCUT2D eigenvalue weighted by atomic mass is 19.1. The lowest BCUT2D eigenvalue weighted by molar-refractivity contribution is -0.231. The van der Waals surface area contributed by atoms with Gasteiger partial charge < -0.3 is 25.1 Å². The molecule has 218 valence electrons. The number of hydrogen-bond donors (Lipinski definition) is 3. The number of nitrogens with one attached hydrogen (secondary N) is 3. The smallest absolute Gasteiger partial charge is 0.251 e. The number of hydrogen-bond acceptors (Lipinski definition) is 7. The molecule has 0 unspecified atom stereocenters. The largest absolute Gasteiger partial charge is 0.351 e. The molecule has 0 saturated carbocycles. The molecule has 1 amide bonds. The number of carbonyl (C=O) groups excluding carboxylic acids is 1. The van der Waals surface area contributed by atoms with E-state index in [0.717, 1.165) is 0 Å². The monoisotopic (exact) mass is 582 g/mol. The Morgan fingerprint density at radius 1 is 0.930 bits per heavy atom. The Bertz CT molecular complexity index is 1700. The molecule has 0 aliphatic carbocycles. The predicted octanol–water partition coefficient (Wildman–Crippen LogP) is 6.04. The van der Waals surface area contributed by atoms with Crippen molar-refractivity contribution in [3.63, 3.8) is 0 Å². The molecule has 2 aromatic heterocycles. The van der Waals surface area contributed by atoms with Crippen LogP contribution in [0.3, 0.4) is 0 Å². The van der Waals surface area contributed by atoms with Gasteiger partial charge in [0.05, 0.1) is 30.3 Å². The first kappa shape index (κ1) is 28.1. The molecule has 1 aliphatic heterocycles. The minimum atomic E-state index is -0.801. The summed E-state index contributed by atoms with van der Waals surface area (Å²) in [6, 6.07) is 22.6. The number of aromatic nitrogens is 4. The molecule has 1 fully saturated rings. The topological polar surface area (TPSA) is 114 Å². The average molecular weight is 583 g/mol. The summed E-state index contributed by atoms with van der Waals surface area (Å²) in [5.74, 6) is -0.174. The summed E-state index contributed by atoms with van der Waals surface area (Å²) in [6.07, 6.45) is 0.788. The van der Waals surface area contributed by atoms with Crippen molar-refractivity contribution in [2.24, 2.45) is 5.41 Å². The number of benzene rings is 3. The standard InChI is InChI=1S/C32H28F2N6O3/c1-32(17-36-29(41)21-5-3-2-4-6-21)18-42-30(43-19-32)28-39-26(20-7-9-22(33)10-8-20)27(40-28)25-15-16-35-31(38-25)37-24-13-11-23(34)12-14-24/h2-16,30H,17-19H2,1H3,(H,36,41)(H,39,40)(H,35,37,38). The lowest BCUT2D eigenvalue weighted by Crippen LogP contribution is -2.45. The second-order valence-electron chi connectivity index (χ2n) is 10.6. The minimum Gasteiger partial charge on any atom is -0.351 e. The molecule has 43 heavy (non-hydrogen) atoms. The average Bonchev–Trinajstić information content (AvgIpc) is 3.48. The molecule has 5 aromatic rings. The van der Waals surface area contributed by atoms with Crippen LogP contribution in [0.5, 0.6) is 0 Å². The second-order valence-corrected chi connectivity index (χ2v) is 10.6. The maximum Gasteiger partial charge on any atom is 0.251 e. The van der Waals surface area contributed by atoms with E-state index >= 15 is 0 Å². The second kappa shape index (κ2) is 12.1. The molecule has 0 bridgehead atoms. The molecule has 3 aromatic carbocycles. The van der Waals surface area contributed by atoms with Gasteiger partial charge in [0, 0.05) is 35.0 Å². The van der Waals surface area contributed by atoms with E-state index in [0.29, 0.717) is 65.4 Å². The molecule has 11 heteroatoms. The SMILES string of the molecule is CC1(CNC(=O)c2ccccc2)COC(c2nc(-c3ccc(F)cc3)c(-c3ccnc(Nc4ccc(F)cc4)n3)[nH]2)OC1. The van der Waals surface area contributed by atoms with Crippen LogP contribution in [0.1, 0.15) is 29.4 Å². The van der Waals surface area contributed by atoms with Crippen LogP contribution in [0.2, 0.25) is 0 Å². The van der Waals surface area contributed by atoms with E-state index in [9.17, 15) is 13.6 Å². The minimum absolute atomic E-state index is 0.165. The van der Waals surface area contributed by atoms with Crippen LogP contribution in [0.15, 0.2) is 91.1 Å². The summed E-state index contributed by atoms with van der Waals surface area (Å²) >= 11 is 0. The molecule has 0 atom stereocenters. The highest BCUT2D eigenvalue weighted by molar-refractivity contribution is 5.94. The fourth-order valence-electron chi connectivity index (χ4n) is 4.61. The molecule has 1 saturated heterocycles. The molecular formula is C32H28F2N6O3. The Morgan fingerprint density at radius 2 is 1.60 bits per heavy atom. The summed E-state index contributed by atoms with van der Waals surface area (Å²) in [4.78, 5) is 29.5. The van der Waals surface area contributed by atoms with Crippen LogP contribution >= 0.6 is 0 Å². The van der Waals surface area contributed by atoms with Crippen molar-refractivity contribution in [3.05, 3.63) is 114 Å². The Morgan fingerprint density at radius 3 is 2.30 bits per heavy atom. The summed E-state index contributed by atoms with van der Waals surface area (Å²) in [5, 5.41) is 6.02. The maximum absolute atomic E-state index is 13.7. The van der Waals surface area contributed by atoms with Crippen molar-refractivity contribution in [3.8, 4) is 22.6 Å². The zero-order valence-electron chi connectivity index (χ0n) is 23.2. The number of carbonyl (C=O) groups is 1. The van der Waals surface area contributed by atoms with E-state index in [-0.39, 0.29) is 17.5 Å². The lowest BCUT2D eigenvalue weighted by atomic mass is 9.92. The lowest BCUT2D eigenvalue weighted by Gasteiger charge is -2.36. The van der Waals surface area contributed by atoms with E-state index in [2.05, 4.69) is 25.6 Å². The number of imidazole rings is 1. The van der Waals surface area contributed by atoms with Gasteiger partial charge in [0.25, 0.3) is 5.91 Å². The molecule has 3 heterocycles. The van der Waals surface area contributed by atoms with Crippen LogP contribution in [-0.2, 0) is 9.47 Å². The number of H-pyrrole nitrogens is 1. The van der Waals surface area contributed by atoms with E-state index in [1.54, 1.807) is 48.7 Å². The van der Waals surface area contributed by atoms with Gasteiger partial charge in [-0.25, -0.2) is 23.7 Å². The van der Waals surface area contributed by atoms with E-state index in [4.69, 9.17) is 14.5 Å². The van der Waals surface area contributed by atoms with Gasteiger partial charge in [-0.2, -0.15) is 0 Å². The van der Waals surface area contributed by atoms with Gasteiger partial charge in [-0.15, -0.1) is 0 Å². The number of halogens is 2. The van der Waals surface area contributed by atoms with Gasteiger partial charge in [0.2, 0.25) is 12.2 Å². The van der Waals surface area contributed by atoms with Crippen LogP contribution in [0, 0.1) is 17.0 Å². The van der Waals surface area contributed by atoms with Gasteiger partial charge in [0.15, 0.2) is 5.82 Å². The summed E-state index contributed by atoms with van der Waals surface area (Å²) in [6.45, 7) is 2.97. The van der Waals surface area contributed by atoms with Crippen molar-refractivity contribution in [2.75, 3.05) is 25.1 Å². The number of nitrogens with zero attached hydrogens (tertiary/aromatic N) is 3. The first-order valence-corrected chi connectivity index (χ1v) is 13.6. The third kappa shape index (κ3) is 6.58. The molecule has 9 nitrogen and oxygen atoms in total. The number of anilines is 2. The van der Waals surface area contributed by atoms with Crippen molar-refractivity contribution >= 4 is 17.5 Å². The zero-order valence-corrected chi connectivity index (χ0v) is 23.2. The quantitative estimate of drug-likeness (QED) is 0.205.